The Morgan fingerprint density at radius 1 is 1.42 bits per heavy atom. The van der Waals surface area contributed by atoms with Crippen molar-refractivity contribution in [1.29, 1.82) is 0 Å². The molecule has 0 aromatic rings. The molecule has 2 radical (unpaired) electrons. The first-order chi connectivity index (χ1) is 8.65. The van der Waals surface area contributed by atoms with E-state index in [9.17, 15) is 13.8 Å². The molecule has 1 unspecified atom stereocenters. The van der Waals surface area contributed by atoms with Gasteiger partial charge in [-0.15, -0.1) is 0 Å². The third-order valence-electron chi connectivity index (χ3n) is 2.85. The molecular weight excluding hydrogens is 273 g/mol. The van der Waals surface area contributed by atoms with Gasteiger partial charge in [-0.25, -0.2) is 4.39 Å². The summed E-state index contributed by atoms with van der Waals surface area (Å²) in [6, 6.07) is -1.17. The minimum Gasteiger partial charge on any atom is -0.376 e. The molecule has 1 fully saturated rings. The molecule has 1 saturated heterocycles. The summed E-state index contributed by atoms with van der Waals surface area (Å²) in [5, 5.41) is 0. The fourth-order valence-electron chi connectivity index (χ4n) is 1.59. The lowest BCUT2D eigenvalue weighted by molar-refractivity contribution is -0.0438. The van der Waals surface area contributed by atoms with Gasteiger partial charge in [0.1, 0.15) is 26.2 Å². The van der Waals surface area contributed by atoms with Crippen LogP contribution in [0.5, 0.6) is 0 Å². The number of ether oxygens (including phenoxy) is 2. The summed E-state index contributed by atoms with van der Waals surface area (Å²) >= 11 is 0. The minimum absolute atomic E-state index is 0.0640. The monoisotopic (exact) mass is 294 g/mol. The summed E-state index contributed by atoms with van der Waals surface area (Å²) in [5.74, 6) is 0. The molecule has 1 rings (SSSR count). The van der Waals surface area contributed by atoms with Gasteiger partial charge in [0.25, 0.3) is 0 Å². The lowest BCUT2D eigenvalue weighted by atomic mass is 9.94. The first-order valence-corrected chi connectivity index (χ1v) is 7.97. The van der Waals surface area contributed by atoms with Crippen LogP contribution in [0.15, 0.2) is 0 Å². The minimum atomic E-state index is -3.89. The van der Waals surface area contributed by atoms with E-state index in [4.69, 9.17) is 21.8 Å². The Morgan fingerprint density at radius 3 is 2.47 bits per heavy atom. The van der Waals surface area contributed by atoms with E-state index in [-0.39, 0.29) is 12.7 Å². The highest BCUT2D eigenvalue weighted by molar-refractivity contribution is 7.53. The van der Waals surface area contributed by atoms with Crippen molar-refractivity contribution >= 4 is 15.4 Å². The van der Waals surface area contributed by atoms with Crippen molar-refractivity contribution in [2.45, 2.75) is 63.8 Å². The molecule has 1 N–H and O–H groups in total. The van der Waals surface area contributed by atoms with Crippen molar-refractivity contribution in [2.24, 2.45) is 0 Å². The summed E-state index contributed by atoms with van der Waals surface area (Å²) in [7, 11) is 1.56. The number of rotatable bonds is 6. The molecule has 110 valence electrons. The van der Waals surface area contributed by atoms with Crippen LogP contribution in [0, 0.1) is 0 Å². The van der Waals surface area contributed by atoms with Crippen LogP contribution >= 0.6 is 7.60 Å². The zero-order valence-corrected chi connectivity index (χ0v) is 12.5. The van der Waals surface area contributed by atoms with Crippen molar-refractivity contribution in [3.05, 3.63) is 0 Å². The topological polar surface area (TPSA) is 65.0 Å². The summed E-state index contributed by atoms with van der Waals surface area (Å²) in [4.78, 5) is 9.68. The van der Waals surface area contributed by atoms with E-state index in [0.717, 1.165) is 0 Å². The lowest BCUT2D eigenvalue weighted by Crippen LogP contribution is -2.35. The predicted octanol–water partition coefficient (Wildman–Crippen LogP) is 1.62. The van der Waals surface area contributed by atoms with Gasteiger partial charge in [0.15, 0.2) is 0 Å². The molecule has 0 spiro atoms. The summed E-state index contributed by atoms with van der Waals surface area (Å²) < 4.78 is 41.3. The van der Waals surface area contributed by atoms with E-state index >= 15 is 0 Å². The molecule has 19 heavy (non-hydrogen) atoms. The maximum atomic E-state index is 13.9. The summed E-state index contributed by atoms with van der Waals surface area (Å²) in [5.41, 5.74) is -0.622. The van der Waals surface area contributed by atoms with Crippen LogP contribution in [0.2, 0.25) is 0 Å². The zero-order chi connectivity index (χ0) is 14.8. The van der Waals surface area contributed by atoms with Gasteiger partial charge < -0.3 is 14.4 Å². The molecule has 0 aromatic carbocycles. The highest BCUT2D eigenvalue weighted by Crippen LogP contribution is 2.50. The van der Waals surface area contributed by atoms with Gasteiger partial charge in [-0.2, -0.15) is 0 Å². The lowest BCUT2D eigenvalue weighted by Gasteiger charge is -2.25. The molecule has 0 aromatic heterocycles. The third kappa shape index (κ3) is 4.53. The Kier molecular flexibility index (Phi) is 6.02. The molecular formula is C11H21BFO5P. The fraction of sp³-hybridized carbons (Fsp3) is 1.00. The standard InChI is InChI=1S/C11H21BFO5P/c1-6(2)16-5-8-10(9(13)11(12)17-8)18-19(14,15)7(3)4/h6-11H,5H2,1-4H3,(H,14,15)/t8-,9+,10-,11-/m1/s1. The average molecular weight is 294 g/mol. The molecule has 1 heterocycles. The highest BCUT2D eigenvalue weighted by Gasteiger charge is 2.47. The summed E-state index contributed by atoms with van der Waals surface area (Å²) in [6.07, 6.45) is -3.69. The van der Waals surface area contributed by atoms with E-state index < -0.39 is 37.6 Å². The fourth-order valence-corrected chi connectivity index (χ4v) is 2.43. The molecule has 0 saturated carbocycles. The maximum Gasteiger partial charge on any atom is 0.331 e. The second-order valence-corrected chi connectivity index (χ2v) is 7.57. The van der Waals surface area contributed by atoms with E-state index in [1.54, 1.807) is 0 Å². The first kappa shape index (κ1) is 17.1. The van der Waals surface area contributed by atoms with Crippen LogP contribution < -0.4 is 0 Å². The largest absolute Gasteiger partial charge is 0.376 e. The first-order valence-electron chi connectivity index (χ1n) is 6.32. The molecule has 5 nitrogen and oxygen atoms in total. The number of hydrogen-bond donors (Lipinski definition) is 1. The van der Waals surface area contributed by atoms with Crippen molar-refractivity contribution in [3.63, 3.8) is 0 Å². The van der Waals surface area contributed by atoms with Crippen LogP contribution in [-0.4, -0.2) is 55.5 Å². The Morgan fingerprint density at radius 2 is 2.00 bits per heavy atom. The predicted molar refractivity (Wildman–Crippen MR) is 70.2 cm³/mol. The van der Waals surface area contributed by atoms with Gasteiger partial charge in [-0.05, 0) is 13.8 Å². The Labute approximate surface area is 114 Å². The molecule has 0 aliphatic carbocycles. The van der Waals surface area contributed by atoms with Crippen molar-refractivity contribution < 1.29 is 27.8 Å². The van der Waals surface area contributed by atoms with Crippen molar-refractivity contribution in [1.82, 2.24) is 0 Å². The number of halogens is 1. The Bertz CT molecular complexity index is 341. The summed E-state index contributed by atoms with van der Waals surface area (Å²) in [6.45, 7) is 6.77. The van der Waals surface area contributed by atoms with Gasteiger partial charge in [0.2, 0.25) is 0 Å². The normalized spacial score (nSPS) is 34.9. The SMILES string of the molecule is [B][C@@H]1O[C@H](COC(C)C)[C@@H](OP(=O)(O)C(C)C)[C@@H]1F. The van der Waals surface area contributed by atoms with Crippen LogP contribution in [0.4, 0.5) is 4.39 Å². The number of alkyl halides is 1. The smallest absolute Gasteiger partial charge is 0.331 e. The molecule has 1 aliphatic heterocycles. The van der Waals surface area contributed by atoms with Crippen LogP contribution in [0.1, 0.15) is 27.7 Å². The average Bonchev–Trinajstić information content (AvgIpc) is 2.53. The van der Waals surface area contributed by atoms with E-state index in [0.29, 0.717) is 0 Å². The zero-order valence-electron chi connectivity index (χ0n) is 11.7. The van der Waals surface area contributed by atoms with E-state index in [2.05, 4.69) is 0 Å². The van der Waals surface area contributed by atoms with Gasteiger partial charge in [-0.1, -0.05) is 13.8 Å². The third-order valence-corrected chi connectivity index (χ3v) is 4.70. The van der Waals surface area contributed by atoms with Crippen LogP contribution in [-0.2, 0) is 18.6 Å². The Balaban J connectivity index is 2.72. The van der Waals surface area contributed by atoms with Crippen molar-refractivity contribution in [3.8, 4) is 0 Å². The van der Waals surface area contributed by atoms with Gasteiger partial charge in [0.05, 0.1) is 24.4 Å². The second kappa shape index (κ2) is 6.68. The van der Waals surface area contributed by atoms with Crippen molar-refractivity contribution in [2.75, 3.05) is 6.61 Å². The Hall–Kier alpha value is 0.0649. The molecule has 8 heteroatoms. The van der Waals surface area contributed by atoms with E-state index in [1.165, 1.54) is 13.8 Å². The van der Waals surface area contributed by atoms with Crippen LogP contribution in [0.25, 0.3) is 0 Å². The maximum absolute atomic E-state index is 13.9. The molecule has 0 amide bonds. The van der Waals surface area contributed by atoms with Gasteiger partial charge in [-0.3, -0.25) is 9.09 Å². The number of hydrogen-bond acceptors (Lipinski definition) is 4. The molecule has 5 atom stereocenters. The quantitative estimate of drug-likeness (QED) is 0.595. The molecule has 1 aliphatic rings. The van der Waals surface area contributed by atoms with Gasteiger partial charge >= 0.3 is 7.60 Å². The van der Waals surface area contributed by atoms with Gasteiger partial charge in [0, 0.05) is 0 Å². The molecule has 0 bridgehead atoms. The van der Waals surface area contributed by atoms with E-state index in [1.807, 2.05) is 13.8 Å². The van der Waals surface area contributed by atoms with Crippen LogP contribution in [0.3, 0.4) is 0 Å². The second-order valence-electron chi connectivity index (χ2n) is 5.19. The highest BCUT2D eigenvalue weighted by atomic mass is 31.2.